The van der Waals surface area contributed by atoms with Crippen molar-refractivity contribution in [2.45, 2.75) is 12.8 Å². The zero-order valence-corrected chi connectivity index (χ0v) is 19.6. The SMILES string of the molecule is COC(=O)c1cc(NC(=O)CCCN(c2ccccc2OC)S(C)(=O)=O)cc(C(=O)OC)c1. The molecule has 1 N–H and O–H groups in total. The number of carbonyl (C=O) groups is 3. The van der Waals surface area contributed by atoms with Gasteiger partial charge in [0.05, 0.1) is 44.4 Å². The smallest absolute Gasteiger partial charge is 0.337 e. The Balaban J connectivity index is 2.13. The van der Waals surface area contributed by atoms with E-state index in [1.165, 1.54) is 43.8 Å². The predicted molar refractivity (Wildman–Crippen MR) is 122 cm³/mol. The van der Waals surface area contributed by atoms with Crippen LogP contribution in [0.15, 0.2) is 42.5 Å². The first-order valence-corrected chi connectivity index (χ1v) is 11.7. The molecule has 33 heavy (non-hydrogen) atoms. The molecule has 2 aromatic carbocycles. The lowest BCUT2D eigenvalue weighted by Crippen LogP contribution is -2.31. The molecule has 0 aliphatic carbocycles. The van der Waals surface area contributed by atoms with Crippen molar-refractivity contribution >= 4 is 39.2 Å². The second kappa shape index (κ2) is 11.3. The molecule has 0 aliphatic rings. The molecule has 0 spiro atoms. The van der Waals surface area contributed by atoms with E-state index in [4.69, 9.17) is 4.74 Å². The number of hydrogen-bond donors (Lipinski definition) is 1. The third kappa shape index (κ3) is 6.94. The minimum absolute atomic E-state index is 0.0167. The van der Waals surface area contributed by atoms with Gasteiger partial charge in [-0.25, -0.2) is 18.0 Å². The van der Waals surface area contributed by atoms with Crippen LogP contribution in [0.1, 0.15) is 33.6 Å². The zero-order valence-electron chi connectivity index (χ0n) is 18.8. The van der Waals surface area contributed by atoms with Crippen LogP contribution in [0.2, 0.25) is 0 Å². The van der Waals surface area contributed by atoms with E-state index in [0.29, 0.717) is 11.4 Å². The summed E-state index contributed by atoms with van der Waals surface area (Å²) >= 11 is 0. The average molecular weight is 479 g/mol. The molecule has 0 heterocycles. The summed E-state index contributed by atoms with van der Waals surface area (Å²) in [6, 6.07) is 10.7. The molecule has 0 aromatic heterocycles. The molecule has 0 unspecified atom stereocenters. The molecular weight excluding hydrogens is 452 g/mol. The Morgan fingerprint density at radius 3 is 2.03 bits per heavy atom. The van der Waals surface area contributed by atoms with Gasteiger partial charge in [0.25, 0.3) is 0 Å². The van der Waals surface area contributed by atoms with Gasteiger partial charge in [-0.05, 0) is 36.8 Å². The molecule has 0 radical (unpaired) electrons. The van der Waals surface area contributed by atoms with E-state index < -0.39 is 27.9 Å². The summed E-state index contributed by atoms with van der Waals surface area (Å²) in [4.78, 5) is 36.2. The minimum atomic E-state index is -3.62. The van der Waals surface area contributed by atoms with E-state index in [9.17, 15) is 22.8 Å². The summed E-state index contributed by atoms with van der Waals surface area (Å²) < 4.78 is 40.4. The quantitative estimate of drug-likeness (QED) is 0.516. The fourth-order valence-corrected chi connectivity index (χ4v) is 4.05. The Bertz CT molecular complexity index is 1100. The first-order chi connectivity index (χ1) is 15.6. The van der Waals surface area contributed by atoms with Crippen molar-refractivity contribution in [2.75, 3.05) is 43.8 Å². The number of ether oxygens (including phenoxy) is 3. The number of esters is 2. The van der Waals surface area contributed by atoms with E-state index in [-0.39, 0.29) is 36.2 Å². The second-order valence-corrected chi connectivity index (χ2v) is 8.85. The van der Waals surface area contributed by atoms with E-state index in [2.05, 4.69) is 14.8 Å². The van der Waals surface area contributed by atoms with Crippen LogP contribution in [0.5, 0.6) is 5.75 Å². The summed E-state index contributed by atoms with van der Waals surface area (Å²) in [5.74, 6) is -1.41. The standard InChI is InChI=1S/C22H26N2O8S/c1-30-19-9-6-5-8-18(19)24(33(4,28)29)11-7-10-20(25)23-17-13-15(21(26)31-2)12-16(14-17)22(27)32-3/h5-6,8-9,12-14H,7,10-11H2,1-4H3,(H,23,25). The van der Waals surface area contributed by atoms with Gasteiger partial charge < -0.3 is 19.5 Å². The summed E-state index contributed by atoms with van der Waals surface area (Å²) in [5.41, 5.74) is 0.703. The number of nitrogens with one attached hydrogen (secondary N) is 1. The maximum atomic E-state index is 12.5. The number of rotatable bonds is 10. The molecule has 0 fully saturated rings. The predicted octanol–water partition coefficient (Wildman–Crippen LogP) is 2.45. The molecule has 2 rings (SSSR count). The molecule has 10 nitrogen and oxygen atoms in total. The van der Waals surface area contributed by atoms with Crippen LogP contribution >= 0.6 is 0 Å². The number of anilines is 2. The third-order valence-electron chi connectivity index (χ3n) is 4.58. The number of methoxy groups -OCH3 is 3. The maximum Gasteiger partial charge on any atom is 0.337 e. The first-order valence-electron chi connectivity index (χ1n) is 9.83. The van der Waals surface area contributed by atoms with Crippen molar-refractivity contribution in [3.63, 3.8) is 0 Å². The lowest BCUT2D eigenvalue weighted by Gasteiger charge is -2.24. The molecule has 1 amide bonds. The van der Waals surface area contributed by atoms with Gasteiger partial charge in [-0.2, -0.15) is 0 Å². The molecule has 2 aromatic rings. The highest BCUT2D eigenvalue weighted by molar-refractivity contribution is 7.92. The van der Waals surface area contributed by atoms with E-state index in [1.807, 2.05) is 0 Å². The van der Waals surface area contributed by atoms with Crippen LogP contribution in [0.4, 0.5) is 11.4 Å². The van der Waals surface area contributed by atoms with Crippen LogP contribution < -0.4 is 14.4 Å². The molecule has 0 aliphatic heterocycles. The number of benzene rings is 2. The van der Waals surface area contributed by atoms with Crippen molar-refractivity contribution in [3.8, 4) is 5.75 Å². The monoisotopic (exact) mass is 478 g/mol. The van der Waals surface area contributed by atoms with Crippen LogP contribution in [-0.2, 0) is 24.3 Å². The van der Waals surface area contributed by atoms with Gasteiger partial charge >= 0.3 is 11.9 Å². The van der Waals surface area contributed by atoms with Gasteiger partial charge in [0, 0.05) is 18.7 Å². The number of para-hydroxylation sites is 2. The Hall–Kier alpha value is -3.60. The van der Waals surface area contributed by atoms with Crippen LogP contribution in [0, 0.1) is 0 Å². The Labute approximate surface area is 192 Å². The average Bonchev–Trinajstić information content (AvgIpc) is 2.79. The van der Waals surface area contributed by atoms with Crippen LogP contribution in [0.3, 0.4) is 0 Å². The lowest BCUT2D eigenvalue weighted by molar-refractivity contribution is -0.116. The second-order valence-electron chi connectivity index (χ2n) is 6.94. The van der Waals surface area contributed by atoms with Crippen LogP contribution in [-0.4, -0.2) is 60.4 Å². The van der Waals surface area contributed by atoms with Gasteiger partial charge in [-0.1, -0.05) is 12.1 Å². The molecule has 0 bridgehead atoms. The zero-order chi connectivity index (χ0) is 24.6. The van der Waals surface area contributed by atoms with Gasteiger partial charge in [0.1, 0.15) is 5.75 Å². The molecule has 0 saturated carbocycles. The van der Waals surface area contributed by atoms with E-state index in [0.717, 1.165) is 6.26 Å². The normalized spacial score (nSPS) is 10.8. The fourth-order valence-electron chi connectivity index (χ4n) is 3.08. The molecule has 0 atom stereocenters. The molecule has 11 heteroatoms. The van der Waals surface area contributed by atoms with Crippen molar-refractivity contribution in [2.24, 2.45) is 0 Å². The Kier molecular flexibility index (Phi) is 8.80. The lowest BCUT2D eigenvalue weighted by atomic mass is 10.1. The number of nitrogens with zero attached hydrogens (tertiary/aromatic N) is 1. The largest absolute Gasteiger partial charge is 0.495 e. The van der Waals surface area contributed by atoms with E-state index >= 15 is 0 Å². The van der Waals surface area contributed by atoms with Crippen molar-refractivity contribution < 1.29 is 37.0 Å². The summed E-state index contributed by atoms with van der Waals surface area (Å²) in [6.07, 6.45) is 1.26. The molecule has 178 valence electrons. The summed E-state index contributed by atoms with van der Waals surface area (Å²) in [7, 11) is 0.208. The number of hydrogen-bond acceptors (Lipinski definition) is 8. The number of amides is 1. The van der Waals surface area contributed by atoms with Crippen LogP contribution in [0.25, 0.3) is 0 Å². The minimum Gasteiger partial charge on any atom is -0.495 e. The summed E-state index contributed by atoms with van der Waals surface area (Å²) in [5, 5.41) is 2.61. The number of carbonyl (C=O) groups excluding carboxylic acids is 3. The maximum absolute atomic E-state index is 12.5. The Morgan fingerprint density at radius 1 is 0.939 bits per heavy atom. The number of sulfonamides is 1. The van der Waals surface area contributed by atoms with Crippen molar-refractivity contribution in [1.82, 2.24) is 0 Å². The van der Waals surface area contributed by atoms with Gasteiger partial charge in [0.2, 0.25) is 15.9 Å². The third-order valence-corrected chi connectivity index (χ3v) is 5.76. The topological polar surface area (TPSA) is 128 Å². The van der Waals surface area contributed by atoms with E-state index in [1.54, 1.807) is 24.3 Å². The Morgan fingerprint density at radius 2 is 1.52 bits per heavy atom. The fraction of sp³-hybridized carbons (Fsp3) is 0.318. The van der Waals surface area contributed by atoms with Crippen molar-refractivity contribution in [1.29, 1.82) is 0 Å². The first kappa shape index (κ1) is 25.7. The highest BCUT2D eigenvalue weighted by Crippen LogP contribution is 2.29. The van der Waals surface area contributed by atoms with Gasteiger partial charge in [-0.3, -0.25) is 9.10 Å². The highest BCUT2D eigenvalue weighted by atomic mass is 32.2. The molecular formula is C22H26N2O8S. The summed E-state index contributed by atoms with van der Waals surface area (Å²) in [6.45, 7) is 0.0439. The van der Waals surface area contributed by atoms with Gasteiger partial charge in [-0.15, -0.1) is 0 Å². The molecule has 0 saturated heterocycles. The van der Waals surface area contributed by atoms with Crippen molar-refractivity contribution in [3.05, 3.63) is 53.6 Å². The highest BCUT2D eigenvalue weighted by Gasteiger charge is 2.21. The van der Waals surface area contributed by atoms with Gasteiger partial charge in [0.15, 0.2) is 0 Å².